The summed E-state index contributed by atoms with van der Waals surface area (Å²) in [7, 11) is -3.52. The predicted molar refractivity (Wildman–Crippen MR) is 73.4 cm³/mol. The number of halogens is 1. The Balaban J connectivity index is 2.58. The summed E-state index contributed by atoms with van der Waals surface area (Å²) in [6, 6.07) is 6.78. The Morgan fingerprint density at radius 2 is 1.76 bits per heavy atom. The number of imidazole rings is 1. The first-order valence-corrected chi connectivity index (χ1v) is 7.46. The summed E-state index contributed by atoms with van der Waals surface area (Å²) in [6.07, 6.45) is 1.34. The van der Waals surface area contributed by atoms with Gasteiger partial charge in [0.2, 0.25) is 0 Å². The smallest absolute Gasteiger partial charge is 0.229 e. The number of hydrogen-bond acceptors (Lipinski definition) is 3. The van der Waals surface area contributed by atoms with Crippen molar-refractivity contribution in [1.82, 2.24) is 8.96 Å². The maximum Gasteiger partial charge on any atom is 0.269 e. The second-order valence-corrected chi connectivity index (χ2v) is 6.57. The minimum atomic E-state index is -3.52. The molecule has 0 radical (unpaired) electrons. The summed E-state index contributed by atoms with van der Waals surface area (Å²) in [5.41, 5.74) is 1.66. The van der Waals surface area contributed by atoms with Crippen LogP contribution in [-0.2, 0) is 10.0 Å². The van der Waals surface area contributed by atoms with Crippen molar-refractivity contribution in [2.45, 2.75) is 18.7 Å². The Morgan fingerprint density at radius 1 is 1.18 bits per heavy atom. The molecule has 1 aromatic carbocycles. The third-order valence-corrected chi connectivity index (χ3v) is 5.30. The standard InChI is InChI=1S/C11H11IN2O2S/c1-8-3-5-10(6-4-8)17(15,16)14-7-13-11(12)9(14)2/h3-7H,1-2H3. The highest BCUT2D eigenvalue weighted by Crippen LogP contribution is 2.18. The molecule has 0 unspecified atom stereocenters. The molecular formula is C11H11IN2O2S. The maximum atomic E-state index is 12.3. The molecular weight excluding hydrogens is 351 g/mol. The van der Waals surface area contributed by atoms with Gasteiger partial charge >= 0.3 is 0 Å². The third kappa shape index (κ3) is 2.23. The number of rotatable bonds is 2. The first-order valence-electron chi connectivity index (χ1n) is 4.94. The molecule has 0 bridgehead atoms. The van der Waals surface area contributed by atoms with Crippen LogP contribution in [0.1, 0.15) is 11.3 Å². The third-order valence-electron chi connectivity index (χ3n) is 2.48. The Bertz CT molecular complexity index is 645. The highest BCUT2D eigenvalue weighted by molar-refractivity contribution is 14.1. The zero-order valence-corrected chi connectivity index (χ0v) is 12.4. The Hall–Kier alpha value is -0.890. The van der Waals surface area contributed by atoms with E-state index >= 15 is 0 Å². The average Bonchev–Trinajstić information content (AvgIpc) is 2.61. The number of aromatic nitrogens is 2. The van der Waals surface area contributed by atoms with Crippen molar-refractivity contribution in [1.29, 1.82) is 0 Å². The van der Waals surface area contributed by atoms with Gasteiger partial charge in [0.05, 0.1) is 10.6 Å². The van der Waals surface area contributed by atoms with E-state index < -0.39 is 10.0 Å². The molecule has 2 aromatic rings. The fourth-order valence-electron chi connectivity index (χ4n) is 1.44. The van der Waals surface area contributed by atoms with E-state index in [0.29, 0.717) is 9.39 Å². The number of nitrogens with zero attached hydrogens (tertiary/aromatic N) is 2. The summed E-state index contributed by atoms with van der Waals surface area (Å²) < 4.78 is 26.5. The van der Waals surface area contributed by atoms with E-state index in [1.54, 1.807) is 31.2 Å². The van der Waals surface area contributed by atoms with Crippen LogP contribution < -0.4 is 0 Å². The minimum absolute atomic E-state index is 0.278. The summed E-state index contributed by atoms with van der Waals surface area (Å²) in [5, 5.41) is 0. The molecule has 0 aliphatic rings. The molecule has 0 amide bonds. The molecule has 4 nitrogen and oxygen atoms in total. The average molecular weight is 362 g/mol. The van der Waals surface area contributed by atoms with Crippen molar-refractivity contribution in [2.75, 3.05) is 0 Å². The Kier molecular flexibility index (Phi) is 3.26. The van der Waals surface area contributed by atoms with Gasteiger partial charge in [0.1, 0.15) is 10.0 Å². The van der Waals surface area contributed by atoms with Crippen molar-refractivity contribution < 1.29 is 8.42 Å². The van der Waals surface area contributed by atoms with Crippen LogP contribution in [0.3, 0.4) is 0 Å². The van der Waals surface area contributed by atoms with Gasteiger partial charge < -0.3 is 0 Å². The lowest BCUT2D eigenvalue weighted by Gasteiger charge is -2.07. The van der Waals surface area contributed by atoms with E-state index in [0.717, 1.165) is 5.56 Å². The first kappa shape index (κ1) is 12.6. The molecule has 0 N–H and O–H groups in total. The normalized spacial score (nSPS) is 11.7. The van der Waals surface area contributed by atoms with Crippen LogP contribution >= 0.6 is 22.6 Å². The Morgan fingerprint density at radius 3 is 2.24 bits per heavy atom. The number of hydrogen-bond donors (Lipinski definition) is 0. The van der Waals surface area contributed by atoms with E-state index in [2.05, 4.69) is 4.98 Å². The molecule has 2 rings (SSSR count). The van der Waals surface area contributed by atoms with Gasteiger partial charge in [0.25, 0.3) is 10.0 Å². The molecule has 0 atom stereocenters. The fraction of sp³-hybridized carbons (Fsp3) is 0.182. The van der Waals surface area contributed by atoms with E-state index in [1.165, 1.54) is 10.3 Å². The van der Waals surface area contributed by atoms with Crippen LogP contribution in [0, 0.1) is 17.5 Å². The molecule has 0 aliphatic heterocycles. The van der Waals surface area contributed by atoms with Crippen molar-refractivity contribution in [3.63, 3.8) is 0 Å². The maximum absolute atomic E-state index is 12.3. The van der Waals surface area contributed by atoms with Crippen LogP contribution in [0.25, 0.3) is 0 Å². The van der Waals surface area contributed by atoms with Gasteiger partial charge in [-0.15, -0.1) is 0 Å². The molecule has 6 heteroatoms. The highest BCUT2D eigenvalue weighted by Gasteiger charge is 2.19. The van der Waals surface area contributed by atoms with E-state index in [-0.39, 0.29) is 4.90 Å². The van der Waals surface area contributed by atoms with Crippen molar-refractivity contribution in [3.05, 3.63) is 45.6 Å². The second-order valence-electron chi connectivity index (χ2n) is 3.73. The lowest BCUT2D eigenvalue weighted by molar-refractivity contribution is 0.586. The van der Waals surface area contributed by atoms with E-state index in [1.807, 2.05) is 29.5 Å². The predicted octanol–water partition coefficient (Wildman–Crippen LogP) is 2.34. The van der Waals surface area contributed by atoms with Crippen LogP contribution in [0.2, 0.25) is 0 Å². The number of aryl methyl sites for hydroxylation is 1. The van der Waals surface area contributed by atoms with Crippen molar-refractivity contribution >= 4 is 32.6 Å². The molecule has 0 saturated heterocycles. The van der Waals surface area contributed by atoms with Gasteiger partial charge in [-0.3, -0.25) is 0 Å². The molecule has 1 heterocycles. The zero-order valence-electron chi connectivity index (χ0n) is 9.38. The first-order chi connectivity index (χ1) is 7.93. The van der Waals surface area contributed by atoms with Crippen LogP contribution in [0.4, 0.5) is 0 Å². The zero-order chi connectivity index (χ0) is 12.6. The monoisotopic (exact) mass is 362 g/mol. The van der Waals surface area contributed by atoms with Gasteiger partial charge in [-0.25, -0.2) is 17.4 Å². The highest BCUT2D eigenvalue weighted by atomic mass is 127. The molecule has 0 saturated carbocycles. The SMILES string of the molecule is Cc1ccc(S(=O)(=O)n2cnc(I)c2C)cc1. The Labute approximate surface area is 114 Å². The molecule has 17 heavy (non-hydrogen) atoms. The second kappa shape index (κ2) is 4.41. The molecule has 0 aliphatic carbocycles. The van der Waals surface area contributed by atoms with Crippen LogP contribution in [0.5, 0.6) is 0 Å². The summed E-state index contributed by atoms with van der Waals surface area (Å²) >= 11 is 2.01. The van der Waals surface area contributed by atoms with E-state index in [9.17, 15) is 8.42 Å². The number of benzene rings is 1. The molecule has 0 fully saturated rings. The van der Waals surface area contributed by atoms with Crippen molar-refractivity contribution in [3.8, 4) is 0 Å². The topological polar surface area (TPSA) is 52.0 Å². The molecule has 90 valence electrons. The van der Waals surface area contributed by atoms with Crippen LogP contribution in [-0.4, -0.2) is 17.4 Å². The lowest BCUT2D eigenvalue weighted by atomic mass is 10.2. The van der Waals surface area contributed by atoms with Gasteiger partial charge in [0.15, 0.2) is 0 Å². The van der Waals surface area contributed by atoms with Gasteiger partial charge in [0, 0.05) is 0 Å². The van der Waals surface area contributed by atoms with Gasteiger partial charge in [-0.2, -0.15) is 0 Å². The van der Waals surface area contributed by atoms with Crippen molar-refractivity contribution in [2.24, 2.45) is 0 Å². The minimum Gasteiger partial charge on any atom is -0.229 e. The quantitative estimate of drug-likeness (QED) is 0.771. The molecule has 0 spiro atoms. The van der Waals surface area contributed by atoms with Gasteiger partial charge in [-0.05, 0) is 48.6 Å². The fourth-order valence-corrected chi connectivity index (χ4v) is 3.31. The van der Waals surface area contributed by atoms with E-state index in [4.69, 9.17) is 0 Å². The summed E-state index contributed by atoms with van der Waals surface area (Å²) in [4.78, 5) is 4.27. The molecule has 1 aromatic heterocycles. The summed E-state index contributed by atoms with van der Waals surface area (Å²) in [5.74, 6) is 0. The van der Waals surface area contributed by atoms with Crippen LogP contribution in [0.15, 0.2) is 35.5 Å². The van der Waals surface area contributed by atoms with Gasteiger partial charge in [-0.1, -0.05) is 17.7 Å². The summed E-state index contributed by atoms with van der Waals surface area (Å²) in [6.45, 7) is 3.66. The lowest BCUT2D eigenvalue weighted by Crippen LogP contribution is -2.13. The largest absolute Gasteiger partial charge is 0.269 e.